The SMILES string of the molecule is CCOC(=O)NP1(=O)Oc2ccc(Cl)cc2Cc2cc(Cl)ccc2O1. The number of hydrogen-bond donors (Lipinski definition) is 1. The molecule has 0 saturated carbocycles. The minimum absolute atomic E-state index is 0.115. The van der Waals surface area contributed by atoms with E-state index in [1.165, 1.54) is 0 Å². The van der Waals surface area contributed by atoms with E-state index in [1.807, 2.05) is 0 Å². The van der Waals surface area contributed by atoms with Crippen LogP contribution in [0.3, 0.4) is 0 Å². The van der Waals surface area contributed by atoms with E-state index in [4.69, 9.17) is 37.0 Å². The molecule has 0 radical (unpaired) electrons. The van der Waals surface area contributed by atoms with Crippen molar-refractivity contribution in [2.24, 2.45) is 0 Å². The molecule has 6 nitrogen and oxygen atoms in total. The summed E-state index contributed by atoms with van der Waals surface area (Å²) in [7, 11) is -4.08. The van der Waals surface area contributed by atoms with E-state index in [0.717, 1.165) is 0 Å². The fourth-order valence-corrected chi connectivity index (χ4v) is 4.03. The third-order valence-corrected chi connectivity index (χ3v) is 5.17. The number of ether oxygens (including phenoxy) is 1. The van der Waals surface area contributed by atoms with Crippen LogP contribution in [0, 0.1) is 0 Å². The summed E-state index contributed by atoms with van der Waals surface area (Å²) in [6.45, 7) is 1.74. The van der Waals surface area contributed by atoms with Gasteiger partial charge in [-0.2, -0.15) is 0 Å². The van der Waals surface area contributed by atoms with E-state index in [9.17, 15) is 9.36 Å². The van der Waals surface area contributed by atoms with E-state index < -0.39 is 13.8 Å². The minimum atomic E-state index is -4.08. The van der Waals surface area contributed by atoms with Gasteiger partial charge in [-0.1, -0.05) is 23.2 Å². The van der Waals surface area contributed by atoms with Crippen molar-refractivity contribution in [3.63, 3.8) is 0 Å². The first-order chi connectivity index (χ1) is 11.9. The summed E-state index contributed by atoms with van der Waals surface area (Å²) in [6.07, 6.45) is -0.497. The Morgan fingerprint density at radius 3 is 2.12 bits per heavy atom. The van der Waals surface area contributed by atoms with E-state index in [2.05, 4.69) is 5.09 Å². The molecular formula is C16H14Cl2NO5P. The number of rotatable bonds is 2. The largest absolute Gasteiger partial charge is 0.546 e. The van der Waals surface area contributed by atoms with Crippen LogP contribution in [-0.4, -0.2) is 12.7 Å². The van der Waals surface area contributed by atoms with Crippen LogP contribution in [0.1, 0.15) is 18.1 Å². The molecule has 0 unspecified atom stereocenters. The topological polar surface area (TPSA) is 73.9 Å². The van der Waals surface area contributed by atoms with Gasteiger partial charge in [0.2, 0.25) is 0 Å². The highest BCUT2D eigenvalue weighted by molar-refractivity contribution is 7.53. The normalized spacial score (nSPS) is 14.7. The molecule has 1 heterocycles. The average Bonchev–Trinajstić information content (AvgIpc) is 2.51. The Hall–Kier alpha value is -1.88. The molecule has 9 heteroatoms. The zero-order valence-corrected chi connectivity index (χ0v) is 15.5. The van der Waals surface area contributed by atoms with Crippen LogP contribution >= 0.6 is 30.9 Å². The standard InChI is InChI=1S/C16H14Cl2NO5P/c1-2-22-16(20)19-25(21)23-14-5-3-12(17)8-10(14)7-11-9-13(18)4-6-15(11)24-25/h3-6,8-9H,2,7H2,1H3,(H,19,20,21). The Morgan fingerprint density at radius 2 is 1.64 bits per heavy atom. The lowest BCUT2D eigenvalue weighted by Gasteiger charge is -2.25. The van der Waals surface area contributed by atoms with Crippen molar-refractivity contribution in [2.45, 2.75) is 13.3 Å². The van der Waals surface area contributed by atoms with Crippen LogP contribution in [0.4, 0.5) is 4.79 Å². The van der Waals surface area contributed by atoms with E-state index >= 15 is 0 Å². The molecule has 1 aliphatic heterocycles. The quantitative estimate of drug-likeness (QED) is 0.699. The van der Waals surface area contributed by atoms with Crippen LogP contribution in [0.15, 0.2) is 36.4 Å². The van der Waals surface area contributed by atoms with Gasteiger partial charge < -0.3 is 13.8 Å². The molecule has 0 atom stereocenters. The van der Waals surface area contributed by atoms with Crippen molar-refractivity contribution in [2.75, 3.05) is 6.61 Å². The molecule has 0 spiro atoms. The molecule has 1 N–H and O–H groups in total. The number of fused-ring (bicyclic) bond motifs is 2. The Kier molecular flexibility index (Phi) is 5.13. The summed E-state index contributed by atoms with van der Waals surface area (Å²) in [5.74, 6) is 0.574. The van der Waals surface area contributed by atoms with Crippen LogP contribution in [0.2, 0.25) is 10.0 Å². The Labute approximate surface area is 154 Å². The summed E-state index contributed by atoms with van der Waals surface area (Å²) in [5, 5.41) is 3.16. The summed E-state index contributed by atoms with van der Waals surface area (Å²) in [5.41, 5.74) is 1.37. The van der Waals surface area contributed by atoms with Crippen molar-refractivity contribution in [1.29, 1.82) is 0 Å². The highest BCUT2D eigenvalue weighted by Crippen LogP contribution is 2.49. The molecule has 1 aliphatic rings. The molecule has 0 aromatic heterocycles. The third-order valence-electron chi connectivity index (χ3n) is 3.37. The fraction of sp³-hybridized carbons (Fsp3) is 0.188. The van der Waals surface area contributed by atoms with Gasteiger partial charge in [-0.15, -0.1) is 0 Å². The smallest absolute Gasteiger partial charge is 0.449 e. The van der Waals surface area contributed by atoms with Crippen molar-refractivity contribution in [1.82, 2.24) is 5.09 Å². The molecule has 2 aromatic rings. The van der Waals surface area contributed by atoms with Gasteiger partial charge in [0, 0.05) is 27.6 Å². The van der Waals surface area contributed by atoms with Gasteiger partial charge in [0.1, 0.15) is 11.5 Å². The summed E-state index contributed by atoms with van der Waals surface area (Å²) in [6, 6.07) is 9.71. The van der Waals surface area contributed by atoms with Gasteiger partial charge in [0.05, 0.1) is 6.61 Å². The molecule has 0 saturated heterocycles. The maximum Gasteiger partial charge on any atom is 0.546 e. The molecule has 1 amide bonds. The maximum absolute atomic E-state index is 13.1. The first-order valence-corrected chi connectivity index (χ1v) is 9.69. The lowest BCUT2D eigenvalue weighted by molar-refractivity contribution is 0.156. The van der Waals surface area contributed by atoms with Gasteiger partial charge in [-0.3, -0.25) is 0 Å². The molecule has 0 bridgehead atoms. The van der Waals surface area contributed by atoms with Gasteiger partial charge in [-0.05, 0) is 43.3 Å². The fourth-order valence-electron chi connectivity index (χ4n) is 2.35. The maximum atomic E-state index is 13.1. The van der Waals surface area contributed by atoms with Crippen LogP contribution < -0.4 is 14.1 Å². The average molecular weight is 402 g/mol. The highest BCUT2D eigenvalue weighted by Gasteiger charge is 2.35. The third kappa shape index (κ3) is 4.21. The van der Waals surface area contributed by atoms with Gasteiger partial charge in [-0.25, -0.2) is 14.4 Å². The Balaban J connectivity index is 2.07. The lowest BCUT2D eigenvalue weighted by Crippen LogP contribution is -2.27. The minimum Gasteiger partial charge on any atom is -0.449 e. The van der Waals surface area contributed by atoms with Gasteiger partial charge in [0.15, 0.2) is 0 Å². The Morgan fingerprint density at radius 1 is 1.12 bits per heavy atom. The second-order valence-corrected chi connectivity index (χ2v) is 7.65. The predicted molar refractivity (Wildman–Crippen MR) is 94.7 cm³/mol. The highest BCUT2D eigenvalue weighted by atomic mass is 35.5. The van der Waals surface area contributed by atoms with Gasteiger partial charge >= 0.3 is 13.8 Å². The van der Waals surface area contributed by atoms with E-state index in [1.54, 1.807) is 43.3 Å². The number of halogens is 2. The summed E-state index contributed by atoms with van der Waals surface area (Å²) in [4.78, 5) is 11.7. The molecule has 2 aromatic carbocycles. The molecule has 132 valence electrons. The summed E-state index contributed by atoms with van der Waals surface area (Å²) >= 11 is 12.1. The van der Waals surface area contributed by atoms with Crippen LogP contribution in [-0.2, 0) is 15.7 Å². The van der Waals surface area contributed by atoms with E-state index in [-0.39, 0.29) is 18.1 Å². The zero-order valence-electron chi connectivity index (χ0n) is 13.1. The lowest BCUT2D eigenvalue weighted by atomic mass is 10.0. The number of carbonyl (C=O) groups is 1. The van der Waals surface area contributed by atoms with Crippen molar-refractivity contribution >= 4 is 37.0 Å². The Bertz CT molecular complexity index is 816. The van der Waals surface area contributed by atoms with E-state index in [0.29, 0.717) is 27.6 Å². The number of amides is 1. The summed E-state index contributed by atoms with van der Waals surface area (Å²) < 4.78 is 28.9. The number of benzene rings is 2. The van der Waals surface area contributed by atoms with Crippen LogP contribution in [0.25, 0.3) is 0 Å². The van der Waals surface area contributed by atoms with Crippen molar-refractivity contribution in [3.05, 3.63) is 57.6 Å². The second kappa shape index (κ2) is 7.16. The monoisotopic (exact) mass is 401 g/mol. The molecule has 3 rings (SSSR count). The zero-order chi connectivity index (χ0) is 18.0. The van der Waals surface area contributed by atoms with Crippen molar-refractivity contribution < 1.29 is 23.1 Å². The van der Waals surface area contributed by atoms with Crippen molar-refractivity contribution in [3.8, 4) is 11.5 Å². The second-order valence-electron chi connectivity index (χ2n) is 5.19. The molecular weight excluding hydrogens is 388 g/mol. The number of carbonyl (C=O) groups excluding carboxylic acids is 1. The molecule has 0 fully saturated rings. The van der Waals surface area contributed by atoms with Gasteiger partial charge in [0.25, 0.3) is 0 Å². The molecule has 25 heavy (non-hydrogen) atoms. The first kappa shape index (κ1) is 17.9. The first-order valence-electron chi connectivity index (χ1n) is 7.39. The number of nitrogens with one attached hydrogen (secondary N) is 1. The molecule has 0 aliphatic carbocycles. The van der Waals surface area contributed by atoms with Crippen LogP contribution in [0.5, 0.6) is 11.5 Å². The predicted octanol–water partition coefficient (Wildman–Crippen LogP) is 5.21. The number of hydrogen-bond acceptors (Lipinski definition) is 5.